The van der Waals surface area contributed by atoms with Crippen LogP contribution in [0.2, 0.25) is 0 Å². The van der Waals surface area contributed by atoms with Gasteiger partial charge in [-0.3, -0.25) is 4.79 Å². The van der Waals surface area contributed by atoms with Gasteiger partial charge in [0.1, 0.15) is 5.82 Å². The molecular weight excluding hydrogens is 292 g/mol. The van der Waals surface area contributed by atoms with Gasteiger partial charge in [0.25, 0.3) is 5.91 Å². The van der Waals surface area contributed by atoms with Gasteiger partial charge in [-0.2, -0.15) is 5.26 Å². The number of nitrogens with zero attached hydrogens (tertiary/aromatic N) is 6. The van der Waals surface area contributed by atoms with Gasteiger partial charge in [-0.05, 0) is 47.9 Å². The van der Waals surface area contributed by atoms with Crippen molar-refractivity contribution in [2.45, 2.75) is 26.3 Å². The van der Waals surface area contributed by atoms with E-state index in [0.29, 0.717) is 18.7 Å². The van der Waals surface area contributed by atoms with Crippen LogP contribution in [0.25, 0.3) is 0 Å². The van der Waals surface area contributed by atoms with E-state index in [0.717, 1.165) is 30.8 Å². The Morgan fingerprint density at radius 3 is 2.83 bits per heavy atom. The van der Waals surface area contributed by atoms with Crippen molar-refractivity contribution in [3.8, 4) is 6.07 Å². The third kappa shape index (κ3) is 3.37. The van der Waals surface area contributed by atoms with E-state index >= 15 is 0 Å². The highest BCUT2D eigenvalue weighted by atomic mass is 16.2. The monoisotopic (exact) mass is 310 g/mol. The van der Waals surface area contributed by atoms with Crippen LogP contribution in [-0.4, -0.2) is 44.1 Å². The highest BCUT2D eigenvalue weighted by Gasteiger charge is 2.24. The summed E-state index contributed by atoms with van der Waals surface area (Å²) in [6, 6.07) is 9.75. The Labute approximate surface area is 134 Å². The zero-order valence-corrected chi connectivity index (χ0v) is 13.0. The number of hydrogen-bond acceptors (Lipinski definition) is 5. The maximum atomic E-state index is 12.5. The first-order valence-corrected chi connectivity index (χ1v) is 7.68. The number of piperidine rings is 1. The molecule has 0 aliphatic carbocycles. The van der Waals surface area contributed by atoms with E-state index < -0.39 is 0 Å². The summed E-state index contributed by atoms with van der Waals surface area (Å²) in [7, 11) is 0. The lowest BCUT2D eigenvalue weighted by Crippen LogP contribution is -2.39. The van der Waals surface area contributed by atoms with Gasteiger partial charge in [0.15, 0.2) is 0 Å². The maximum absolute atomic E-state index is 12.5. The van der Waals surface area contributed by atoms with Gasteiger partial charge in [0, 0.05) is 18.7 Å². The first-order chi connectivity index (χ1) is 11.2. The fourth-order valence-electron chi connectivity index (χ4n) is 2.77. The van der Waals surface area contributed by atoms with Crippen LogP contribution in [0.4, 0.5) is 0 Å². The minimum atomic E-state index is -0.0465. The quantitative estimate of drug-likeness (QED) is 0.855. The van der Waals surface area contributed by atoms with Crippen LogP contribution in [0, 0.1) is 24.2 Å². The highest BCUT2D eigenvalue weighted by Crippen LogP contribution is 2.18. The van der Waals surface area contributed by atoms with Crippen LogP contribution in [0.5, 0.6) is 0 Å². The topological polar surface area (TPSA) is 87.7 Å². The van der Waals surface area contributed by atoms with Crippen LogP contribution in [0.1, 0.15) is 34.6 Å². The Bertz CT molecular complexity index is 730. The maximum Gasteiger partial charge on any atom is 0.253 e. The summed E-state index contributed by atoms with van der Waals surface area (Å²) < 4.78 is 1.71. The summed E-state index contributed by atoms with van der Waals surface area (Å²) in [4.78, 5) is 14.3. The lowest BCUT2D eigenvalue weighted by molar-refractivity contribution is 0.0699. The normalized spacial score (nSPS) is 17.7. The lowest BCUT2D eigenvalue weighted by atomic mass is 9.99. The molecule has 0 bridgehead atoms. The number of carbonyl (C=O) groups excluding carboxylic acids is 1. The minimum absolute atomic E-state index is 0.00453. The van der Waals surface area contributed by atoms with Gasteiger partial charge in [0.2, 0.25) is 0 Å². The first kappa shape index (κ1) is 15.2. The molecule has 0 saturated carbocycles. The summed E-state index contributed by atoms with van der Waals surface area (Å²) in [5, 5.41) is 20.4. The Balaban J connectivity index is 1.68. The Kier molecular flexibility index (Phi) is 4.33. The molecule has 2 aromatic rings. The summed E-state index contributed by atoms with van der Waals surface area (Å²) in [6.07, 6.45) is 1.77. The molecule has 1 aliphatic rings. The van der Waals surface area contributed by atoms with Crippen molar-refractivity contribution in [2.24, 2.45) is 5.92 Å². The van der Waals surface area contributed by atoms with Gasteiger partial charge >= 0.3 is 0 Å². The minimum Gasteiger partial charge on any atom is -0.337 e. The number of rotatable bonds is 3. The first-order valence-electron chi connectivity index (χ1n) is 7.68. The van der Waals surface area contributed by atoms with Gasteiger partial charge in [-0.25, -0.2) is 4.68 Å². The van der Waals surface area contributed by atoms with Gasteiger partial charge in [0.05, 0.1) is 18.5 Å². The fraction of sp³-hybridized carbons (Fsp3) is 0.438. The summed E-state index contributed by atoms with van der Waals surface area (Å²) in [5.74, 6) is 0.700. The third-order valence-electron chi connectivity index (χ3n) is 4.14. The Morgan fingerprint density at radius 1 is 1.39 bits per heavy atom. The molecule has 1 aliphatic heterocycles. The molecular formula is C16H18N6O. The molecule has 0 N–H and O–H groups in total. The molecule has 0 spiro atoms. The predicted octanol–water partition coefficient (Wildman–Crippen LogP) is 1.41. The zero-order chi connectivity index (χ0) is 16.2. The lowest BCUT2D eigenvalue weighted by Gasteiger charge is -2.29. The van der Waals surface area contributed by atoms with E-state index in [1.165, 1.54) is 0 Å². The van der Waals surface area contributed by atoms with E-state index in [4.69, 9.17) is 5.26 Å². The second-order valence-electron chi connectivity index (χ2n) is 5.80. The van der Waals surface area contributed by atoms with Crippen molar-refractivity contribution < 1.29 is 4.79 Å². The van der Waals surface area contributed by atoms with E-state index in [9.17, 15) is 4.79 Å². The van der Waals surface area contributed by atoms with Crippen molar-refractivity contribution in [2.75, 3.05) is 13.1 Å². The van der Waals surface area contributed by atoms with Crippen molar-refractivity contribution in [1.82, 2.24) is 25.1 Å². The standard InChI is InChI=1S/C16H18N6O/c1-12-18-19-20-22(12)11-13-4-6-15(7-5-13)16(23)21-8-2-3-14(9-17)10-21/h4-7,14H,2-3,8,10-11H2,1H3/t14-/m0/s1. The number of aryl methyl sites for hydroxylation is 1. The van der Waals surface area contributed by atoms with Gasteiger partial charge in [-0.1, -0.05) is 12.1 Å². The number of tetrazole rings is 1. The Morgan fingerprint density at radius 2 is 2.17 bits per heavy atom. The number of amides is 1. The smallest absolute Gasteiger partial charge is 0.253 e. The molecule has 1 atom stereocenters. The van der Waals surface area contributed by atoms with Crippen molar-refractivity contribution >= 4 is 5.91 Å². The van der Waals surface area contributed by atoms with Crippen LogP contribution >= 0.6 is 0 Å². The van der Waals surface area contributed by atoms with Crippen molar-refractivity contribution in [1.29, 1.82) is 5.26 Å². The predicted molar refractivity (Wildman–Crippen MR) is 82.3 cm³/mol. The Hall–Kier alpha value is -2.75. The largest absolute Gasteiger partial charge is 0.337 e. The fourth-order valence-corrected chi connectivity index (χ4v) is 2.77. The highest BCUT2D eigenvalue weighted by molar-refractivity contribution is 5.94. The van der Waals surface area contributed by atoms with Crippen LogP contribution in [-0.2, 0) is 6.54 Å². The zero-order valence-electron chi connectivity index (χ0n) is 13.0. The molecule has 1 amide bonds. The van der Waals surface area contributed by atoms with Crippen LogP contribution < -0.4 is 0 Å². The second-order valence-corrected chi connectivity index (χ2v) is 5.80. The number of hydrogen-bond donors (Lipinski definition) is 0. The van der Waals surface area contributed by atoms with E-state index in [1.807, 2.05) is 31.2 Å². The molecule has 1 aromatic carbocycles. The van der Waals surface area contributed by atoms with E-state index in [-0.39, 0.29) is 11.8 Å². The van der Waals surface area contributed by atoms with Crippen molar-refractivity contribution in [3.63, 3.8) is 0 Å². The molecule has 2 heterocycles. The van der Waals surface area contributed by atoms with Gasteiger partial charge in [-0.15, -0.1) is 5.10 Å². The van der Waals surface area contributed by atoms with Crippen molar-refractivity contribution in [3.05, 3.63) is 41.2 Å². The molecule has 0 radical (unpaired) electrons. The van der Waals surface area contributed by atoms with Crippen LogP contribution in [0.15, 0.2) is 24.3 Å². The van der Waals surface area contributed by atoms with Crippen LogP contribution in [0.3, 0.4) is 0 Å². The molecule has 1 aromatic heterocycles. The molecule has 7 heteroatoms. The molecule has 7 nitrogen and oxygen atoms in total. The average Bonchev–Trinajstić information content (AvgIpc) is 3.00. The van der Waals surface area contributed by atoms with Gasteiger partial charge < -0.3 is 4.90 Å². The van der Waals surface area contributed by atoms with E-state index in [1.54, 1.807) is 9.58 Å². The summed E-state index contributed by atoms with van der Waals surface area (Å²) >= 11 is 0. The molecule has 3 rings (SSSR count). The third-order valence-corrected chi connectivity index (χ3v) is 4.14. The number of aromatic nitrogens is 4. The SMILES string of the molecule is Cc1nnnn1Cc1ccc(C(=O)N2CCC[C@@H](C#N)C2)cc1. The molecule has 1 fully saturated rings. The molecule has 118 valence electrons. The molecule has 23 heavy (non-hydrogen) atoms. The number of carbonyl (C=O) groups is 1. The number of benzene rings is 1. The second kappa shape index (κ2) is 6.57. The van der Waals surface area contributed by atoms with E-state index in [2.05, 4.69) is 21.6 Å². The summed E-state index contributed by atoms with van der Waals surface area (Å²) in [5.41, 5.74) is 1.69. The molecule has 0 unspecified atom stereocenters. The number of likely N-dealkylation sites (tertiary alicyclic amines) is 1. The summed E-state index contributed by atoms with van der Waals surface area (Å²) in [6.45, 7) is 3.68. The number of nitriles is 1. The average molecular weight is 310 g/mol. The molecule has 1 saturated heterocycles.